The van der Waals surface area contributed by atoms with Crippen LogP contribution in [0.3, 0.4) is 0 Å². The molecule has 4 heterocycles. The van der Waals surface area contributed by atoms with Crippen molar-refractivity contribution in [3.8, 4) is 11.5 Å². The molecular formula is C26H25N5O7. The van der Waals surface area contributed by atoms with Crippen LogP contribution in [0.25, 0.3) is 0 Å². The normalized spacial score (nSPS) is 21.8. The van der Waals surface area contributed by atoms with Gasteiger partial charge < -0.3 is 30.0 Å². The first kappa shape index (κ1) is 22.9. The number of carbonyl (C=O) groups is 2. The monoisotopic (exact) mass is 520 g/mol. The van der Waals surface area contributed by atoms with Gasteiger partial charge in [-0.3, -0.25) is 19.1 Å². The number of aliphatic hydroxyl groups is 1. The summed E-state index contributed by atoms with van der Waals surface area (Å²) in [5, 5.41) is 16.6. The minimum Gasteiger partial charge on any atom is -0.450 e. The molecule has 196 valence electrons. The molecule has 2 aromatic carbocycles. The summed E-state index contributed by atoms with van der Waals surface area (Å²) in [6, 6.07) is 12.1. The van der Waals surface area contributed by atoms with Gasteiger partial charge in [0.2, 0.25) is 0 Å². The van der Waals surface area contributed by atoms with Crippen LogP contribution < -0.4 is 21.1 Å². The summed E-state index contributed by atoms with van der Waals surface area (Å²) in [5.74, 6) is 0.351. The van der Waals surface area contributed by atoms with Gasteiger partial charge in [0.1, 0.15) is 18.0 Å². The number of anilines is 3. The minimum absolute atomic E-state index is 0.0442. The van der Waals surface area contributed by atoms with Crippen LogP contribution in [0.4, 0.5) is 17.2 Å². The second-order valence-electron chi connectivity index (χ2n) is 9.09. The molecule has 6 rings (SSSR count). The van der Waals surface area contributed by atoms with Crippen molar-refractivity contribution in [2.75, 3.05) is 37.4 Å². The van der Waals surface area contributed by atoms with Crippen LogP contribution in [0.5, 0.6) is 11.5 Å². The van der Waals surface area contributed by atoms with E-state index in [4.69, 9.17) is 15.6 Å². The third kappa shape index (κ3) is 4.08. The fourth-order valence-corrected chi connectivity index (χ4v) is 4.85. The highest BCUT2D eigenvalue weighted by molar-refractivity contribution is 6.21. The van der Waals surface area contributed by atoms with Gasteiger partial charge in [0.25, 0.3) is 11.8 Å². The first-order valence-corrected chi connectivity index (χ1v) is 12.0. The maximum absolute atomic E-state index is 12.8. The van der Waals surface area contributed by atoms with Gasteiger partial charge in [-0.15, -0.1) is 0 Å². The Bertz CT molecular complexity index is 1480. The van der Waals surface area contributed by atoms with Crippen LogP contribution in [0, 0.1) is 0 Å². The molecule has 0 bridgehead atoms. The Labute approximate surface area is 218 Å². The predicted molar refractivity (Wildman–Crippen MR) is 135 cm³/mol. The zero-order valence-corrected chi connectivity index (χ0v) is 20.1. The number of aliphatic hydroxyl groups excluding tert-OH is 1. The number of ether oxygens (including phenoxy) is 3. The molecule has 0 radical (unpaired) electrons. The number of benzene rings is 2. The summed E-state index contributed by atoms with van der Waals surface area (Å²) in [6.45, 7) is 0.498. The molecule has 1 saturated heterocycles. The Morgan fingerprint density at radius 1 is 1.16 bits per heavy atom. The summed E-state index contributed by atoms with van der Waals surface area (Å²) < 4.78 is 25.2. The average molecular weight is 521 g/mol. The Hall–Kier alpha value is -4.26. The highest BCUT2D eigenvalue weighted by Gasteiger charge is 2.37. The first-order valence-electron chi connectivity index (χ1n) is 12.8. The van der Waals surface area contributed by atoms with E-state index in [1.165, 1.54) is 15.7 Å². The summed E-state index contributed by atoms with van der Waals surface area (Å²) in [7, 11) is -0.254. The van der Waals surface area contributed by atoms with Crippen molar-refractivity contribution in [1.82, 2.24) is 14.5 Å². The fourth-order valence-electron chi connectivity index (χ4n) is 4.85. The molecule has 2 amide bonds. The molecule has 12 nitrogen and oxygen atoms in total. The molecule has 3 N–H and O–H groups in total. The number of nitrogens with zero attached hydrogens (tertiary/aromatic N) is 3. The van der Waals surface area contributed by atoms with Gasteiger partial charge in [0, 0.05) is 26.6 Å². The Morgan fingerprint density at radius 3 is 2.71 bits per heavy atom. The van der Waals surface area contributed by atoms with Crippen molar-refractivity contribution < 1.29 is 30.3 Å². The Balaban J connectivity index is 1.15. The molecular weight excluding hydrogens is 494 g/mol. The van der Waals surface area contributed by atoms with Gasteiger partial charge in [-0.2, -0.15) is 4.98 Å². The summed E-state index contributed by atoms with van der Waals surface area (Å²) >= 11 is 0. The molecule has 3 unspecified atom stereocenters. The minimum atomic E-state index is -0.849. The van der Waals surface area contributed by atoms with Crippen molar-refractivity contribution in [1.29, 1.82) is 0 Å². The van der Waals surface area contributed by atoms with E-state index in [1.54, 1.807) is 42.5 Å². The lowest BCUT2D eigenvalue weighted by molar-refractivity contribution is -0.0547. The van der Waals surface area contributed by atoms with E-state index < -0.39 is 24.1 Å². The maximum Gasteiger partial charge on any atom is 0.351 e. The highest BCUT2D eigenvalue weighted by Crippen LogP contribution is 2.44. The van der Waals surface area contributed by atoms with Crippen LogP contribution in [-0.4, -0.2) is 70.4 Å². The van der Waals surface area contributed by atoms with E-state index in [9.17, 15) is 19.5 Å². The molecule has 0 spiro atoms. The molecule has 3 aromatic rings. The molecule has 38 heavy (non-hydrogen) atoms. The number of hydrogen-bond acceptors (Lipinski definition) is 10. The topological polar surface area (TPSA) is 144 Å². The van der Waals surface area contributed by atoms with E-state index in [2.05, 4.69) is 15.6 Å². The van der Waals surface area contributed by atoms with E-state index in [0.717, 1.165) is 0 Å². The van der Waals surface area contributed by atoms with Crippen molar-refractivity contribution >= 4 is 29.0 Å². The van der Waals surface area contributed by atoms with Gasteiger partial charge in [-0.25, -0.2) is 4.79 Å². The Kier molecular flexibility index (Phi) is 5.76. The SMILES string of the molecule is [2H]COCC1OC(n2cc3c(nc2=O)Nc2c(NCCN4C(=O)c5ccccc5C4=O)cccc2O3)CC1O. The summed E-state index contributed by atoms with van der Waals surface area (Å²) in [6.07, 6.45) is -0.619. The van der Waals surface area contributed by atoms with Crippen LogP contribution in [0.2, 0.25) is 0 Å². The lowest BCUT2D eigenvalue weighted by Gasteiger charge is -2.25. The number of methoxy groups -OCH3 is 1. The number of amides is 2. The number of nitrogens with one attached hydrogen (secondary N) is 2. The van der Waals surface area contributed by atoms with Crippen LogP contribution in [0.15, 0.2) is 53.5 Å². The third-order valence-electron chi connectivity index (χ3n) is 6.73. The van der Waals surface area contributed by atoms with Gasteiger partial charge in [-0.1, -0.05) is 18.2 Å². The van der Waals surface area contributed by atoms with Crippen molar-refractivity contribution in [3.05, 3.63) is 70.3 Å². The van der Waals surface area contributed by atoms with Crippen LogP contribution in [0.1, 0.15) is 34.7 Å². The fraction of sp³-hybridized carbons (Fsp3) is 0.308. The second-order valence-corrected chi connectivity index (χ2v) is 9.09. The third-order valence-corrected chi connectivity index (χ3v) is 6.73. The number of para-hydroxylation sites is 1. The van der Waals surface area contributed by atoms with Crippen LogP contribution in [-0.2, 0) is 9.47 Å². The summed E-state index contributed by atoms with van der Waals surface area (Å²) in [4.78, 5) is 43.4. The molecule has 1 aromatic heterocycles. The maximum atomic E-state index is 12.8. The van der Waals surface area contributed by atoms with Crippen molar-refractivity contribution in [3.63, 3.8) is 0 Å². The second kappa shape index (κ2) is 9.56. The van der Waals surface area contributed by atoms with E-state index >= 15 is 0 Å². The quantitative estimate of drug-likeness (QED) is 0.310. The standard InChI is InChI=1S/C26H25N5O7/c1-36-13-20-17(32)11-21(38-20)31-12-19-23(29-26(31)35)28-22-16(7-4-8-18(22)37-19)27-9-10-30-24(33)14-5-2-3-6-15(14)25(30)34/h2-8,12,17,20-21,27,32H,9-11,13H2,1H3,(H,28,29,35)/i1D. The molecule has 0 saturated carbocycles. The molecule has 3 atom stereocenters. The molecule has 1 fully saturated rings. The molecule has 12 heteroatoms. The van der Waals surface area contributed by atoms with Gasteiger partial charge in [0.05, 0.1) is 37.1 Å². The zero-order chi connectivity index (χ0) is 27.1. The van der Waals surface area contributed by atoms with Crippen molar-refractivity contribution in [2.45, 2.75) is 24.9 Å². The van der Waals surface area contributed by atoms with Gasteiger partial charge >= 0.3 is 5.69 Å². The zero-order valence-electron chi connectivity index (χ0n) is 21.1. The number of rotatable bonds is 7. The summed E-state index contributed by atoms with van der Waals surface area (Å²) in [5.41, 5.74) is 1.40. The highest BCUT2D eigenvalue weighted by atomic mass is 16.6. The number of aromatic nitrogens is 2. The molecule has 3 aliphatic heterocycles. The van der Waals surface area contributed by atoms with Crippen LogP contribution >= 0.6 is 0 Å². The first-order chi connectivity index (χ1) is 18.9. The number of hydrogen-bond donors (Lipinski definition) is 3. The number of fused-ring (bicyclic) bond motifs is 3. The van der Waals surface area contributed by atoms with Crippen molar-refractivity contribution in [2.24, 2.45) is 0 Å². The Morgan fingerprint density at radius 2 is 1.95 bits per heavy atom. The number of imide groups is 1. The lowest BCUT2D eigenvalue weighted by atomic mass is 10.1. The van der Waals surface area contributed by atoms with Gasteiger partial charge in [-0.05, 0) is 24.3 Å². The van der Waals surface area contributed by atoms with E-state index in [-0.39, 0.29) is 50.8 Å². The lowest BCUT2D eigenvalue weighted by Crippen LogP contribution is -2.34. The number of carbonyl (C=O) groups excluding carboxylic acids is 2. The van der Waals surface area contributed by atoms with E-state index in [1.807, 2.05) is 0 Å². The average Bonchev–Trinajstić information content (AvgIpc) is 3.42. The largest absolute Gasteiger partial charge is 0.450 e. The van der Waals surface area contributed by atoms with Gasteiger partial charge in [0.15, 0.2) is 17.3 Å². The smallest absolute Gasteiger partial charge is 0.351 e. The van der Waals surface area contributed by atoms with E-state index in [0.29, 0.717) is 34.0 Å². The predicted octanol–water partition coefficient (Wildman–Crippen LogP) is 2.10. The molecule has 3 aliphatic rings. The molecule has 0 aliphatic carbocycles.